The molecule has 3 N–H and O–H groups in total. The summed E-state index contributed by atoms with van der Waals surface area (Å²) in [6, 6.07) is 0. The van der Waals surface area contributed by atoms with Crippen LogP contribution in [0.4, 0.5) is 0 Å². The molecule has 0 bridgehead atoms. The van der Waals surface area contributed by atoms with E-state index in [1.807, 2.05) is 0 Å². The molecule has 0 aromatic carbocycles. The lowest BCUT2D eigenvalue weighted by Gasteiger charge is -2.21. The van der Waals surface area contributed by atoms with E-state index in [-0.39, 0.29) is 25.7 Å². The summed E-state index contributed by atoms with van der Waals surface area (Å²) in [6.45, 7) is 9.69. The number of unbranched alkanes of at least 4 members (excludes halogenated alkanes) is 52. The van der Waals surface area contributed by atoms with E-state index >= 15 is 0 Å². The lowest BCUT2D eigenvalue weighted by Crippen LogP contribution is -2.30. The molecular weight excluding hydrogens is 1330 g/mol. The van der Waals surface area contributed by atoms with Gasteiger partial charge in [0.25, 0.3) is 0 Å². The summed E-state index contributed by atoms with van der Waals surface area (Å²) in [5.74, 6) is -0.497. The fourth-order valence-corrected chi connectivity index (χ4v) is 14.5. The molecule has 2 unspecified atom stereocenters. The summed E-state index contributed by atoms with van der Waals surface area (Å²) >= 11 is 0. The van der Waals surface area contributed by atoms with Gasteiger partial charge in [0.15, 0.2) is 12.2 Å². The van der Waals surface area contributed by atoms with E-state index in [0.717, 1.165) is 102 Å². The van der Waals surface area contributed by atoms with Crippen molar-refractivity contribution in [2.75, 3.05) is 39.6 Å². The van der Waals surface area contributed by atoms with Crippen LogP contribution in [0.3, 0.4) is 0 Å². The number of rotatable bonds is 82. The van der Waals surface area contributed by atoms with Crippen LogP contribution in [-0.2, 0) is 65.4 Å². The molecule has 0 aromatic rings. The molecule has 0 aliphatic carbocycles. The fourth-order valence-electron chi connectivity index (χ4n) is 12.9. The van der Waals surface area contributed by atoms with Gasteiger partial charge in [0, 0.05) is 25.7 Å². The van der Waals surface area contributed by atoms with Gasteiger partial charge in [0.05, 0.1) is 26.4 Å². The molecule has 0 fully saturated rings. The van der Waals surface area contributed by atoms with Crippen molar-refractivity contribution in [2.24, 2.45) is 11.8 Å². The molecule has 0 aliphatic heterocycles. The maximum absolute atomic E-state index is 13.1. The van der Waals surface area contributed by atoms with Crippen molar-refractivity contribution in [3.8, 4) is 0 Å². The van der Waals surface area contributed by atoms with Crippen LogP contribution in [0.15, 0.2) is 0 Å². The number of phosphoric acid groups is 2. The maximum atomic E-state index is 13.1. The molecule has 0 saturated heterocycles. The summed E-state index contributed by atoms with van der Waals surface area (Å²) in [6.07, 6.45) is 65.2. The summed E-state index contributed by atoms with van der Waals surface area (Å²) in [5.41, 5.74) is 0. The molecule has 0 aliphatic rings. The van der Waals surface area contributed by atoms with E-state index in [1.165, 1.54) is 257 Å². The Hall–Kier alpha value is -1.94. The molecule has 0 heterocycles. The molecule has 0 aromatic heterocycles. The molecule has 5 atom stereocenters. The number of carbonyl (C=O) groups excluding carboxylic acids is 4. The van der Waals surface area contributed by atoms with Crippen molar-refractivity contribution in [3.05, 3.63) is 0 Å². The molecule has 102 heavy (non-hydrogen) atoms. The third-order valence-electron chi connectivity index (χ3n) is 19.5. The predicted octanol–water partition coefficient (Wildman–Crippen LogP) is 25.1. The second-order valence-corrected chi connectivity index (χ2v) is 33.7. The molecule has 0 rings (SSSR count). The Labute approximate surface area is 626 Å². The Kier molecular flexibility index (Phi) is 73.1. The van der Waals surface area contributed by atoms with Crippen molar-refractivity contribution >= 4 is 39.5 Å². The van der Waals surface area contributed by atoms with Gasteiger partial charge in [-0.15, -0.1) is 0 Å². The number of aliphatic hydroxyl groups is 1. The van der Waals surface area contributed by atoms with Gasteiger partial charge in [-0.25, -0.2) is 9.13 Å². The summed E-state index contributed by atoms with van der Waals surface area (Å²) in [4.78, 5) is 73.1. The van der Waals surface area contributed by atoms with Crippen LogP contribution >= 0.6 is 15.6 Å². The van der Waals surface area contributed by atoms with Gasteiger partial charge in [0.1, 0.15) is 19.3 Å². The average molecular weight is 1490 g/mol. The van der Waals surface area contributed by atoms with Crippen LogP contribution in [0.2, 0.25) is 0 Å². The zero-order valence-electron chi connectivity index (χ0n) is 66.9. The lowest BCUT2D eigenvalue weighted by molar-refractivity contribution is -0.161. The second-order valence-electron chi connectivity index (χ2n) is 30.8. The highest BCUT2D eigenvalue weighted by Crippen LogP contribution is 2.45. The number of carbonyl (C=O) groups is 4. The number of hydrogen-bond acceptors (Lipinski definition) is 15. The van der Waals surface area contributed by atoms with Gasteiger partial charge in [-0.3, -0.25) is 37.3 Å². The first-order valence-electron chi connectivity index (χ1n) is 43.0. The number of ether oxygens (including phenoxy) is 4. The number of hydrogen-bond donors (Lipinski definition) is 3. The minimum atomic E-state index is -4.96. The Morgan fingerprint density at radius 2 is 0.451 bits per heavy atom. The van der Waals surface area contributed by atoms with Crippen LogP contribution in [0.5, 0.6) is 0 Å². The molecule has 606 valence electrons. The highest BCUT2D eigenvalue weighted by molar-refractivity contribution is 7.47. The van der Waals surface area contributed by atoms with Gasteiger partial charge >= 0.3 is 39.5 Å². The number of phosphoric ester groups is 2. The van der Waals surface area contributed by atoms with Crippen molar-refractivity contribution in [2.45, 2.75) is 458 Å². The molecule has 19 heteroatoms. The van der Waals surface area contributed by atoms with Gasteiger partial charge in [-0.05, 0) is 37.5 Å². The summed E-state index contributed by atoms with van der Waals surface area (Å²) < 4.78 is 68.8. The quantitative estimate of drug-likeness (QED) is 0.0222. The largest absolute Gasteiger partial charge is 0.472 e. The maximum Gasteiger partial charge on any atom is 0.472 e. The van der Waals surface area contributed by atoms with Gasteiger partial charge < -0.3 is 33.8 Å². The van der Waals surface area contributed by atoms with Crippen molar-refractivity contribution in [1.82, 2.24) is 0 Å². The highest BCUT2D eigenvalue weighted by atomic mass is 31.2. The molecule has 17 nitrogen and oxygen atoms in total. The molecule has 0 spiro atoms. The molecule has 0 saturated carbocycles. The third-order valence-corrected chi connectivity index (χ3v) is 21.4. The van der Waals surface area contributed by atoms with E-state index in [0.29, 0.717) is 25.7 Å². The van der Waals surface area contributed by atoms with Crippen LogP contribution in [-0.4, -0.2) is 96.7 Å². The summed E-state index contributed by atoms with van der Waals surface area (Å²) in [5, 5.41) is 10.7. The van der Waals surface area contributed by atoms with E-state index in [2.05, 4.69) is 41.5 Å². The second kappa shape index (κ2) is 74.5. The van der Waals surface area contributed by atoms with E-state index in [4.69, 9.17) is 37.0 Å². The minimum absolute atomic E-state index is 0.108. The number of esters is 4. The Balaban J connectivity index is 5.22. The Bertz CT molecular complexity index is 1960. The van der Waals surface area contributed by atoms with Crippen molar-refractivity contribution in [1.29, 1.82) is 0 Å². The standard InChI is InChI=1S/C83H162O17P2/c1-7-9-11-13-15-17-18-19-20-21-25-32-37-43-49-55-61-67-82(87)99-78(71-93-80(85)65-59-53-47-39-16-14-12-10-8-2)73-97-101(89,90)95-69-77(84)70-96-102(91,92)98-74-79(72-94-81(86)66-60-54-48-42-36-31-28-27-30-35-41-46-52-58-64-76(5)6)100-83(88)68-62-56-50-44-38-33-26-23-22-24-29-34-40-45-51-57-63-75(3)4/h75-79,84H,7-74H2,1-6H3,(H,89,90)(H,91,92)/t77-,78+,79+/m0/s1. The average Bonchev–Trinajstić information content (AvgIpc) is 0.984. The topological polar surface area (TPSA) is 237 Å². The molecule has 0 radical (unpaired) electrons. The van der Waals surface area contributed by atoms with Crippen LogP contribution in [0.25, 0.3) is 0 Å². The van der Waals surface area contributed by atoms with E-state index in [9.17, 15) is 43.2 Å². The smallest absolute Gasteiger partial charge is 0.462 e. The first kappa shape index (κ1) is 100. The third kappa shape index (κ3) is 76.3. The monoisotopic (exact) mass is 1490 g/mol. The normalized spacial score (nSPS) is 13.9. The predicted molar refractivity (Wildman–Crippen MR) is 418 cm³/mol. The zero-order chi connectivity index (χ0) is 74.9. The van der Waals surface area contributed by atoms with Crippen LogP contribution in [0.1, 0.15) is 440 Å². The number of aliphatic hydroxyl groups excluding tert-OH is 1. The Morgan fingerprint density at radius 1 is 0.265 bits per heavy atom. The zero-order valence-corrected chi connectivity index (χ0v) is 68.7. The van der Waals surface area contributed by atoms with Gasteiger partial charge in [0.2, 0.25) is 0 Å². The lowest BCUT2D eigenvalue weighted by atomic mass is 10.0. The van der Waals surface area contributed by atoms with E-state index in [1.54, 1.807) is 0 Å². The first-order valence-corrected chi connectivity index (χ1v) is 46.0. The molecule has 0 amide bonds. The van der Waals surface area contributed by atoms with Crippen LogP contribution < -0.4 is 0 Å². The van der Waals surface area contributed by atoms with E-state index < -0.39 is 97.5 Å². The minimum Gasteiger partial charge on any atom is -0.462 e. The SMILES string of the molecule is CCCCCCCCCCCCCCCCCCCC(=O)O[C@H](COC(=O)CCCCCCCCCCC)COP(=O)(O)OC[C@H](O)COP(=O)(O)OC[C@@H](COC(=O)CCCCCCCCCCCCCCCCC(C)C)OC(=O)CCCCCCCCCCCCCCCCCCC(C)C. The fraction of sp³-hybridized carbons (Fsp3) is 0.952. The van der Waals surface area contributed by atoms with Gasteiger partial charge in [-0.1, -0.05) is 388 Å². The van der Waals surface area contributed by atoms with Gasteiger partial charge in [-0.2, -0.15) is 0 Å². The van der Waals surface area contributed by atoms with Crippen molar-refractivity contribution in [3.63, 3.8) is 0 Å². The van der Waals surface area contributed by atoms with Crippen molar-refractivity contribution < 1.29 is 80.2 Å². The highest BCUT2D eigenvalue weighted by Gasteiger charge is 2.30. The Morgan fingerprint density at radius 3 is 0.667 bits per heavy atom. The summed E-state index contributed by atoms with van der Waals surface area (Å²) in [7, 11) is -9.92. The first-order chi connectivity index (χ1) is 49.4. The molecular formula is C83H162O17P2. The van der Waals surface area contributed by atoms with Crippen LogP contribution in [0, 0.1) is 11.8 Å².